The van der Waals surface area contributed by atoms with Crippen molar-refractivity contribution < 1.29 is 13.6 Å². The average molecular weight is 304 g/mol. The number of aliphatic imine (C=N–C) groups is 1. The number of carbonyl (C=O) groups is 1. The van der Waals surface area contributed by atoms with Crippen LogP contribution in [-0.4, -0.2) is 30.7 Å². The highest BCUT2D eigenvalue weighted by atomic mass is 19.2. The van der Waals surface area contributed by atoms with Gasteiger partial charge in [-0.25, -0.2) is 8.78 Å². The van der Waals surface area contributed by atoms with Crippen LogP contribution in [0.15, 0.2) is 41.7 Å². The molecule has 0 saturated heterocycles. The van der Waals surface area contributed by atoms with E-state index in [0.29, 0.717) is 16.9 Å². The van der Waals surface area contributed by atoms with Gasteiger partial charge in [0.05, 0.1) is 24.0 Å². The monoisotopic (exact) mass is 304 g/mol. The van der Waals surface area contributed by atoms with Crippen LogP contribution < -0.4 is 10.6 Å². The van der Waals surface area contributed by atoms with Gasteiger partial charge >= 0.3 is 0 Å². The lowest BCUT2D eigenvalue weighted by atomic mass is 10.2. The summed E-state index contributed by atoms with van der Waals surface area (Å²) in [5, 5.41) is 5.38. The second-order valence-electron chi connectivity index (χ2n) is 4.29. The topological polar surface area (TPSA) is 66.4 Å². The van der Waals surface area contributed by atoms with Gasteiger partial charge in [0.15, 0.2) is 11.6 Å². The maximum absolute atomic E-state index is 13.0. The molecule has 1 aromatic heterocycles. The van der Waals surface area contributed by atoms with Crippen LogP contribution in [0.2, 0.25) is 0 Å². The Hall–Kier alpha value is -2.83. The predicted octanol–water partition coefficient (Wildman–Crippen LogP) is 2.53. The van der Waals surface area contributed by atoms with Crippen LogP contribution in [0.4, 0.5) is 20.2 Å². The van der Waals surface area contributed by atoms with Gasteiger partial charge in [-0.2, -0.15) is 0 Å². The van der Waals surface area contributed by atoms with Crippen molar-refractivity contribution in [3.8, 4) is 0 Å². The molecule has 0 fully saturated rings. The lowest BCUT2D eigenvalue weighted by Crippen LogP contribution is -2.18. The summed E-state index contributed by atoms with van der Waals surface area (Å²) in [5.74, 6) is -2.08. The summed E-state index contributed by atoms with van der Waals surface area (Å²) < 4.78 is 25.8. The van der Waals surface area contributed by atoms with Crippen molar-refractivity contribution in [2.24, 2.45) is 4.99 Å². The van der Waals surface area contributed by atoms with E-state index in [9.17, 15) is 13.6 Å². The zero-order valence-corrected chi connectivity index (χ0v) is 11.8. The Bertz CT molecular complexity index is 704. The van der Waals surface area contributed by atoms with Crippen LogP contribution in [0.3, 0.4) is 0 Å². The number of nitrogens with one attached hydrogen (secondary N) is 2. The van der Waals surface area contributed by atoms with Gasteiger partial charge in [-0.15, -0.1) is 0 Å². The summed E-state index contributed by atoms with van der Waals surface area (Å²) in [6, 6.07) is 5.09. The Labute approximate surface area is 126 Å². The number of nitrogens with zero attached hydrogens (tertiary/aromatic N) is 2. The molecule has 1 aromatic carbocycles. The minimum Gasteiger partial charge on any atom is -0.380 e. The molecule has 2 aromatic rings. The molecule has 1 heterocycles. The first-order valence-corrected chi connectivity index (χ1v) is 6.49. The zero-order valence-electron chi connectivity index (χ0n) is 11.8. The quantitative estimate of drug-likeness (QED) is 0.834. The molecule has 0 atom stereocenters. The van der Waals surface area contributed by atoms with Gasteiger partial charge < -0.3 is 10.6 Å². The number of hydrogen-bond donors (Lipinski definition) is 2. The molecular formula is C15H14F2N4O. The van der Waals surface area contributed by atoms with Crippen molar-refractivity contribution in [2.75, 3.05) is 18.9 Å². The van der Waals surface area contributed by atoms with Crippen molar-refractivity contribution in [1.29, 1.82) is 0 Å². The fourth-order valence-corrected chi connectivity index (χ4v) is 1.73. The highest BCUT2D eigenvalue weighted by Crippen LogP contribution is 2.16. The van der Waals surface area contributed by atoms with Crippen LogP contribution in [0.1, 0.15) is 10.4 Å². The molecule has 7 heteroatoms. The summed E-state index contributed by atoms with van der Waals surface area (Å²) in [7, 11) is 1.53. The molecule has 0 unspecified atom stereocenters. The highest BCUT2D eigenvalue weighted by Gasteiger charge is 2.08. The molecule has 2 rings (SSSR count). The van der Waals surface area contributed by atoms with Gasteiger partial charge in [0.2, 0.25) is 0 Å². The minimum absolute atomic E-state index is 0.261. The first kappa shape index (κ1) is 15.6. The molecule has 114 valence electrons. The molecule has 0 aliphatic rings. The number of rotatable bonds is 5. The number of carbonyl (C=O) groups excluding carboxylic acids is 1. The van der Waals surface area contributed by atoms with Gasteiger partial charge in [0, 0.05) is 31.2 Å². The van der Waals surface area contributed by atoms with Crippen LogP contribution >= 0.6 is 0 Å². The Kier molecular flexibility index (Phi) is 5.13. The molecule has 5 nitrogen and oxygen atoms in total. The zero-order chi connectivity index (χ0) is 15.9. The second kappa shape index (κ2) is 7.26. The van der Waals surface area contributed by atoms with Crippen molar-refractivity contribution in [3.63, 3.8) is 0 Å². The number of halogens is 2. The summed E-state index contributed by atoms with van der Waals surface area (Å²) >= 11 is 0. The standard InChI is InChI=1S/C15H14F2N4O/c1-18-15(22)11-4-5-19-9-14(11)21-7-6-20-10-2-3-12(16)13(17)8-10/h2-5,7-9,20H,6H2,1H3,(H,18,22)/b21-7+. The number of benzene rings is 1. The van der Waals surface area contributed by atoms with Crippen molar-refractivity contribution in [2.45, 2.75) is 0 Å². The predicted molar refractivity (Wildman–Crippen MR) is 80.6 cm³/mol. The molecule has 0 bridgehead atoms. The van der Waals surface area contributed by atoms with E-state index in [-0.39, 0.29) is 12.5 Å². The number of aromatic nitrogens is 1. The molecule has 1 amide bonds. The van der Waals surface area contributed by atoms with Gasteiger partial charge in [-0.3, -0.25) is 14.8 Å². The van der Waals surface area contributed by atoms with Crippen molar-refractivity contribution in [3.05, 3.63) is 53.9 Å². The summed E-state index contributed by atoms with van der Waals surface area (Å²) in [4.78, 5) is 19.7. The van der Waals surface area contributed by atoms with E-state index in [1.165, 1.54) is 31.7 Å². The third-order valence-electron chi connectivity index (χ3n) is 2.82. The Morgan fingerprint density at radius 2 is 2.14 bits per heavy atom. The Morgan fingerprint density at radius 3 is 2.86 bits per heavy atom. The number of pyridine rings is 1. The van der Waals surface area contributed by atoms with E-state index in [1.54, 1.807) is 6.07 Å². The Balaban J connectivity index is 2.01. The summed E-state index contributed by atoms with van der Waals surface area (Å²) in [5.41, 5.74) is 1.26. The van der Waals surface area contributed by atoms with Crippen molar-refractivity contribution in [1.82, 2.24) is 10.3 Å². The van der Waals surface area contributed by atoms with Crippen LogP contribution in [-0.2, 0) is 0 Å². The molecule has 22 heavy (non-hydrogen) atoms. The first-order valence-electron chi connectivity index (χ1n) is 6.49. The maximum Gasteiger partial charge on any atom is 0.253 e. The summed E-state index contributed by atoms with van der Waals surface area (Å²) in [6.45, 7) is 0.285. The smallest absolute Gasteiger partial charge is 0.253 e. The van der Waals surface area contributed by atoms with E-state index in [0.717, 1.165) is 12.1 Å². The van der Waals surface area contributed by atoms with E-state index >= 15 is 0 Å². The minimum atomic E-state index is -0.920. The van der Waals surface area contributed by atoms with Crippen LogP contribution in [0.25, 0.3) is 0 Å². The molecule has 0 spiro atoms. The molecule has 0 radical (unpaired) electrons. The maximum atomic E-state index is 13.0. The lowest BCUT2D eigenvalue weighted by Gasteiger charge is -2.04. The van der Waals surface area contributed by atoms with E-state index in [4.69, 9.17) is 0 Å². The third kappa shape index (κ3) is 3.85. The molecular weight excluding hydrogens is 290 g/mol. The van der Waals surface area contributed by atoms with E-state index in [2.05, 4.69) is 20.6 Å². The molecule has 2 N–H and O–H groups in total. The molecule has 0 saturated carbocycles. The van der Waals surface area contributed by atoms with Crippen molar-refractivity contribution >= 4 is 23.5 Å². The fraction of sp³-hybridized carbons (Fsp3) is 0.133. The third-order valence-corrected chi connectivity index (χ3v) is 2.82. The van der Waals surface area contributed by atoms with Gasteiger partial charge in [0.25, 0.3) is 5.91 Å². The highest BCUT2D eigenvalue weighted by molar-refractivity contribution is 5.99. The Morgan fingerprint density at radius 1 is 1.32 bits per heavy atom. The largest absolute Gasteiger partial charge is 0.380 e. The van der Waals surface area contributed by atoms with Crippen LogP contribution in [0.5, 0.6) is 0 Å². The SMILES string of the molecule is CNC(=O)c1ccncc1/N=C/CNc1ccc(F)c(F)c1. The van der Waals surface area contributed by atoms with E-state index < -0.39 is 11.6 Å². The second-order valence-corrected chi connectivity index (χ2v) is 4.29. The first-order chi connectivity index (χ1) is 10.6. The van der Waals surface area contributed by atoms with Gasteiger partial charge in [-0.05, 0) is 18.2 Å². The van der Waals surface area contributed by atoms with E-state index in [1.807, 2.05) is 0 Å². The fourth-order valence-electron chi connectivity index (χ4n) is 1.73. The average Bonchev–Trinajstić information content (AvgIpc) is 2.54. The van der Waals surface area contributed by atoms with Gasteiger partial charge in [0.1, 0.15) is 0 Å². The summed E-state index contributed by atoms with van der Waals surface area (Å²) in [6.07, 6.45) is 4.49. The number of anilines is 1. The molecule has 0 aliphatic carbocycles. The number of hydrogen-bond acceptors (Lipinski definition) is 4. The molecule has 0 aliphatic heterocycles. The lowest BCUT2D eigenvalue weighted by molar-refractivity contribution is 0.0963. The van der Waals surface area contributed by atoms with Crippen LogP contribution in [0, 0.1) is 11.6 Å². The normalized spacial score (nSPS) is 10.7. The number of amides is 1. The van der Waals surface area contributed by atoms with Gasteiger partial charge in [-0.1, -0.05) is 0 Å².